The smallest absolute Gasteiger partial charge is 0.323 e. The summed E-state index contributed by atoms with van der Waals surface area (Å²) in [5.74, 6) is 1.17. The van der Waals surface area contributed by atoms with Crippen LogP contribution in [0.5, 0.6) is 11.5 Å². The number of aliphatic hydroxyl groups excluding tert-OH is 1. The summed E-state index contributed by atoms with van der Waals surface area (Å²) in [7, 11) is 1.58. The van der Waals surface area contributed by atoms with Crippen molar-refractivity contribution in [2.24, 2.45) is 0 Å². The summed E-state index contributed by atoms with van der Waals surface area (Å²) in [6.45, 7) is 0.183. The van der Waals surface area contributed by atoms with E-state index in [0.29, 0.717) is 35.8 Å². The van der Waals surface area contributed by atoms with E-state index in [9.17, 15) is 14.7 Å². The summed E-state index contributed by atoms with van der Waals surface area (Å²) in [5, 5.41) is 18.6. The lowest BCUT2D eigenvalue weighted by atomic mass is 9.84. The second kappa shape index (κ2) is 11.5. The third-order valence-electron chi connectivity index (χ3n) is 6.76. The van der Waals surface area contributed by atoms with E-state index in [1.807, 2.05) is 24.3 Å². The van der Waals surface area contributed by atoms with Crippen molar-refractivity contribution >= 4 is 23.3 Å². The number of nitrogens with one attached hydrogen (secondary N) is 3. The number of urea groups is 1. The van der Waals surface area contributed by atoms with E-state index in [1.165, 1.54) is 0 Å². The van der Waals surface area contributed by atoms with Crippen LogP contribution in [0.1, 0.15) is 29.9 Å². The molecule has 198 valence electrons. The lowest BCUT2D eigenvalue weighted by Crippen LogP contribution is -2.47. The van der Waals surface area contributed by atoms with E-state index in [4.69, 9.17) is 14.2 Å². The zero-order valence-electron chi connectivity index (χ0n) is 20.9. The Balaban J connectivity index is 1.22. The van der Waals surface area contributed by atoms with Crippen molar-refractivity contribution in [1.29, 1.82) is 0 Å². The van der Waals surface area contributed by atoms with Crippen molar-refractivity contribution in [3.8, 4) is 11.5 Å². The fourth-order valence-corrected chi connectivity index (χ4v) is 4.91. The van der Waals surface area contributed by atoms with Gasteiger partial charge in [0.1, 0.15) is 23.7 Å². The van der Waals surface area contributed by atoms with Gasteiger partial charge < -0.3 is 35.3 Å². The molecule has 3 amide bonds. The Hall–Kier alpha value is -4.15. The largest absolute Gasteiger partial charge is 0.497 e. The highest BCUT2D eigenvalue weighted by Gasteiger charge is 2.46. The number of fused-ring (bicyclic) bond motifs is 3. The summed E-state index contributed by atoms with van der Waals surface area (Å²) in [6.07, 6.45) is 2.78. The van der Waals surface area contributed by atoms with Crippen LogP contribution in [-0.2, 0) is 16.1 Å². The molecule has 0 radical (unpaired) electrons. The number of methoxy groups -OCH3 is 1. The topological polar surface area (TPSA) is 131 Å². The number of hydrogen-bond acceptors (Lipinski definition) is 7. The third kappa shape index (κ3) is 5.87. The van der Waals surface area contributed by atoms with Gasteiger partial charge in [-0.25, -0.2) is 4.79 Å². The van der Waals surface area contributed by atoms with Crippen molar-refractivity contribution in [3.05, 3.63) is 78.1 Å². The standard InChI is InChI=1S/C28H30N4O6/c1-36-20-5-2-18(3-6-20)31-28(35)32-19-4-7-24-22(12-19)23-13-21(37-25(16-33)27(23)38-24)14-26(34)30-15-17-8-10-29-11-9-17/h2-12,21,23,25,27,33H,13-16H2,1H3,(H,30,34)(H2,31,32,35)/t21-,23-,25+,27+/m0/s1. The first-order valence-corrected chi connectivity index (χ1v) is 12.5. The van der Waals surface area contributed by atoms with Gasteiger partial charge >= 0.3 is 6.03 Å². The molecule has 1 fully saturated rings. The van der Waals surface area contributed by atoms with Crippen LogP contribution >= 0.6 is 0 Å². The van der Waals surface area contributed by atoms with E-state index >= 15 is 0 Å². The monoisotopic (exact) mass is 518 g/mol. The second-order valence-corrected chi connectivity index (χ2v) is 9.30. The van der Waals surface area contributed by atoms with Gasteiger partial charge in [-0.05, 0) is 66.6 Å². The highest BCUT2D eigenvalue weighted by Crippen LogP contribution is 2.47. The number of nitrogens with zero attached hydrogens (tertiary/aromatic N) is 1. The van der Waals surface area contributed by atoms with Crippen LogP contribution in [0, 0.1) is 0 Å². The Morgan fingerprint density at radius 1 is 1.05 bits per heavy atom. The van der Waals surface area contributed by atoms with Crippen LogP contribution < -0.4 is 25.4 Å². The number of benzene rings is 2. The van der Waals surface area contributed by atoms with Crippen LogP contribution in [0.25, 0.3) is 0 Å². The maximum Gasteiger partial charge on any atom is 0.323 e. The molecule has 2 aromatic carbocycles. The van der Waals surface area contributed by atoms with Crippen LogP contribution in [0.4, 0.5) is 16.2 Å². The maximum absolute atomic E-state index is 12.6. The predicted octanol–water partition coefficient (Wildman–Crippen LogP) is 3.44. The van der Waals surface area contributed by atoms with E-state index in [-0.39, 0.29) is 43.1 Å². The Labute approximate surface area is 220 Å². The van der Waals surface area contributed by atoms with Crippen molar-refractivity contribution in [2.45, 2.75) is 43.6 Å². The molecule has 10 nitrogen and oxygen atoms in total. The number of hydrogen-bond donors (Lipinski definition) is 4. The normalized spacial score (nSPS) is 21.4. The van der Waals surface area contributed by atoms with E-state index < -0.39 is 6.10 Å². The SMILES string of the molecule is COc1ccc(NC(=O)Nc2ccc3c(c2)[C@@H]2C[C@@H](CC(=O)NCc4ccncc4)O[C@H](CO)[C@@H]2O3)cc1. The number of carbonyl (C=O) groups excluding carboxylic acids is 2. The number of anilines is 2. The average Bonchev–Trinajstić information content (AvgIpc) is 3.30. The fourth-order valence-electron chi connectivity index (χ4n) is 4.91. The molecule has 0 saturated carbocycles. The van der Waals surface area contributed by atoms with Gasteiger partial charge in [0.15, 0.2) is 0 Å². The Morgan fingerprint density at radius 3 is 2.53 bits per heavy atom. The van der Waals surface area contributed by atoms with Crippen LogP contribution in [0.2, 0.25) is 0 Å². The number of ether oxygens (including phenoxy) is 3. The van der Waals surface area contributed by atoms with Crippen molar-refractivity contribution < 1.29 is 28.9 Å². The van der Waals surface area contributed by atoms with Crippen molar-refractivity contribution in [1.82, 2.24) is 10.3 Å². The molecule has 2 aliphatic rings. The zero-order valence-corrected chi connectivity index (χ0v) is 20.9. The molecule has 0 bridgehead atoms. The number of aliphatic hydroxyl groups is 1. The molecule has 5 rings (SSSR count). The molecule has 0 unspecified atom stereocenters. The van der Waals surface area contributed by atoms with Gasteiger partial charge in [0.05, 0.1) is 26.2 Å². The number of amides is 3. The van der Waals surface area contributed by atoms with Gasteiger partial charge in [-0.1, -0.05) is 0 Å². The minimum Gasteiger partial charge on any atom is -0.497 e. The molecule has 2 aliphatic heterocycles. The number of carbonyl (C=O) groups is 2. The highest BCUT2D eigenvalue weighted by molar-refractivity contribution is 5.99. The second-order valence-electron chi connectivity index (χ2n) is 9.30. The molecule has 10 heteroatoms. The van der Waals surface area contributed by atoms with Crippen molar-refractivity contribution in [3.63, 3.8) is 0 Å². The molecule has 3 heterocycles. The molecule has 38 heavy (non-hydrogen) atoms. The Kier molecular flexibility index (Phi) is 7.71. The van der Waals surface area contributed by atoms with Crippen LogP contribution in [0.3, 0.4) is 0 Å². The molecule has 1 aromatic heterocycles. The quantitative estimate of drug-likeness (QED) is 0.359. The summed E-state index contributed by atoms with van der Waals surface area (Å²) < 4.78 is 17.3. The van der Waals surface area contributed by atoms with Gasteiger partial charge in [-0.15, -0.1) is 0 Å². The molecule has 1 saturated heterocycles. The van der Waals surface area contributed by atoms with E-state index in [2.05, 4.69) is 20.9 Å². The van der Waals surface area contributed by atoms with Crippen molar-refractivity contribution in [2.75, 3.05) is 24.4 Å². The number of aromatic nitrogens is 1. The molecule has 4 N–H and O–H groups in total. The average molecular weight is 519 g/mol. The van der Waals surface area contributed by atoms with E-state index in [1.54, 1.807) is 49.8 Å². The highest BCUT2D eigenvalue weighted by atomic mass is 16.6. The summed E-state index contributed by atoms with van der Waals surface area (Å²) in [4.78, 5) is 29.2. The number of rotatable bonds is 8. The van der Waals surface area contributed by atoms with Crippen LogP contribution in [0.15, 0.2) is 67.0 Å². The zero-order chi connectivity index (χ0) is 26.5. The molecular formula is C28H30N4O6. The summed E-state index contributed by atoms with van der Waals surface area (Å²) in [6, 6.07) is 15.8. The van der Waals surface area contributed by atoms with E-state index in [0.717, 1.165) is 11.1 Å². The molecule has 3 aromatic rings. The van der Waals surface area contributed by atoms with Gasteiger partial charge in [-0.2, -0.15) is 0 Å². The summed E-state index contributed by atoms with van der Waals surface area (Å²) in [5.41, 5.74) is 3.12. The minimum atomic E-state index is -0.561. The van der Waals surface area contributed by atoms with Gasteiger partial charge in [0.2, 0.25) is 5.91 Å². The lowest BCUT2D eigenvalue weighted by molar-refractivity contribution is -0.142. The Bertz CT molecular complexity index is 1270. The first-order valence-electron chi connectivity index (χ1n) is 12.5. The van der Waals surface area contributed by atoms with Gasteiger partial charge in [-0.3, -0.25) is 9.78 Å². The number of pyridine rings is 1. The minimum absolute atomic E-state index is 0.0831. The molecule has 0 aliphatic carbocycles. The molecular weight excluding hydrogens is 488 g/mol. The predicted molar refractivity (Wildman–Crippen MR) is 140 cm³/mol. The Morgan fingerprint density at radius 2 is 1.79 bits per heavy atom. The van der Waals surface area contributed by atoms with Gasteiger partial charge in [0, 0.05) is 41.8 Å². The first kappa shape index (κ1) is 25.5. The molecule has 0 spiro atoms. The summed E-state index contributed by atoms with van der Waals surface area (Å²) >= 11 is 0. The molecule has 4 atom stereocenters. The maximum atomic E-state index is 12.6. The lowest BCUT2D eigenvalue weighted by Gasteiger charge is -2.37. The third-order valence-corrected chi connectivity index (χ3v) is 6.76. The first-order chi connectivity index (χ1) is 18.5. The van der Waals surface area contributed by atoms with Gasteiger partial charge in [0.25, 0.3) is 0 Å². The van der Waals surface area contributed by atoms with Crippen LogP contribution in [-0.4, -0.2) is 54.1 Å². The fraction of sp³-hybridized carbons (Fsp3) is 0.321.